The summed E-state index contributed by atoms with van der Waals surface area (Å²) in [6.45, 7) is 1.85. The number of aryl methyl sites for hydroxylation is 1. The number of pyridine rings is 1. The topological polar surface area (TPSA) is 127 Å². The summed E-state index contributed by atoms with van der Waals surface area (Å²) in [5.74, 6) is 0.268. The van der Waals surface area contributed by atoms with Crippen LogP contribution in [0.25, 0.3) is 5.82 Å². The van der Waals surface area contributed by atoms with E-state index in [4.69, 9.17) is 5.73 Å². The number of amides is 3. The molecule has 3 amide bonds. The van der Waals surface area contributed by atoms with Crippen LogP contribution >= 0.6 is 0 Å². The molecule has 2 heterocycles. The summed E-state index contributed by atoms with van der Waals surface area (Å²) in [7, 11) is 0. The van der Waals surface area contributed by atoms with Gasteiger partial charge in [0.25, 0.3) is 5.91 Å². The maximum atomic E-state index is 12.8. The predicted octanol–water partition coefficient (Wildman–Crippen LogP) is 4.05. The van der Waals surface area contributed by atoms with E-state index in [1.807, 2.05) is 25.1 Å². The standard InChI is InChI=1S/C23H21N7O2/c1-15-10-11-17(28-23(32)27-16-7-3-2-4-8-16)13-19(15)29-22(31)18-14-26-30(21(18)24)20-9-5-6-12-25-20/h2-14H,24H2,1H3,(H,29,31)(H2,27,28,32). The van der Waals surface area contributed by atoms with Crippen LogP contribution in [0.3, 0.4) is 0 Å². The Labute approximate surface area is 184 Å². The van der Waals surface area contributed by atoms with E-state index in [-0.39, 0.29) is 11.4 Å². The number of para-hydroxylation sites is 1. The van der Waals surface area contributed by atoms with Crippen LogP contribution in [0.1, 0.15) is 15.9 Å². The van der Waals surface area contributed by atoms with Crippen LogP contribution in [-0.2, 0) is 0 Å². The number of urea groups is 1. The van der Waals surface area contributed by atoms with Gasteiger partial charge in [0.05, 0.1) is 6.20 Å². The third-order valence-corrected chi connectivity index (χ3v) is 4.69. The highest BCUT2D eigenvalue weighted by molar-refractivity contribution is 6.08. The Morgan fingerprint density at radius 3 is 2.41 bits per heavy atom. The van der Waals surface area contributed by atoms with Gasteiger partial charge in [0.2, 0.25) is 0 Å². The molecule has 0 saturated carbocycles. The monoisotopic (exact) mass is 427 g/mol. The molecule has 0 fully saturated rings. The number of carbonyl (C=O) groups is 2. The zero-order chi connectivity index (χ0) is 22.5. The second kappa shape index (κ2) is 9.00. The number of aromatic nitrogens is 3. The first kappa shape index (κ1) is 20.6. The Kier molecular flexibility index (Phi) is 5.80. The first-order valence-corrected chi connectivity index (χ1v) is 9.81. The van der Waals surface area contributed by atoms with Crippen molar-refractivity contribution >= 4 is 34.8 Å². The number of hydrogen-bond acceptors (Lipinski definition) is 5. The summed E-state index contributed by atoms with van der Waals surface area (Å²) >= 11 is 0. The normalized spacial score (nSPS) is 10.4. The van der Waals surface area contributed by atoms with Gasteiger partial charge in [-0.25, -0.2) is 9.78 Å². The van der Waals surface area contributed by atoms with Crippen molar-refractivity contribution in [3.63, 3.8) is 0 Å². The first-order chi connectivity index (χ1) is 15.5. The second-order valence-electron chi connectivity index (χ2n) is 6.97. The highest BCUT2D eigenvalue weighted by Gasteiger charge is 2.17. The molecular formula is C23H21N7O2. The number of nitrogens with two attached hydrogens (primary N) is 1. The van der Waals surface area contributed by atoms with E-state index in [0.29, 0.717) is 22.9 Å². The second-order valence-corrected chi connectivity index (χ2v) is 6.97. The molecule has 0 aliphatic heterocycles. The molecule has 160 valence electrons. The molecule has 2 aromatic carbocycles. The molecule has 5 N–H and O–H groups in total. The van der Waals surface area contributed by atoms with Crippen molar-refractivity contribution in [2.75, 3.05) is 21.7 Å². The summed E-state index contributed by atoms with van der Waals surface area (Å²) < 4.78 is 1.40. The molecule has 0 saturated heterocycles. The lowest BCUT2D eigenvalue weighted by molar-refractivity contribution is 0.102. The highest BCUT2D eigenvalue weighted by atomic mass is 16.2. The largest absolute Gasteiger partial charge is 0.383 e. The number of rotatable bonds is 5. The fraction of sp³-hybridized carbons (Fsp3) is 0.0435. The summed E-state index contributed by atoms with van der Waals surface area (Å²) in [5.41, 5.74) is 8.91. The minimum absolute atomic E-state index is 0.176. The fourth-order valence-corrected chi connectivity index (χ4v) is 3.03. The van der Waals surface area contributed by atoms with Crippen molar-refractivity contribution in [1.82, 2.24) is 14.8 Å². The molecule has 0 atom stereocenters. The molecule has 2 aromatic heterocycles. The van der Waals surface area contributed by atoms with E-state index >= 15 is 0 Å². The SMILES string of the molecule is Cc1ccc(NC(=O)Nc2ccccc2)cc1NC(=O)c1cnn(-c2ccccn2)c1N. The summed E-state index contributed by atoms with van der Waals surface area (Å²) in [6, 6.07) is 19.3. The van der Waals surface area contributed by atoms with Crippen molar-refractivity contribution in [1.29, 1.82) is 0 Å². The molecule has 9 nitrogen and oxygen atoms in total. The molecule has 0 unspecified atom stereocenters. The molecule has 0 spiro atoms. The highest BCUT2D eigenvalue weighted by Crippen LogP contribution is 2.23. The van der Waals surface area contributed by atoms with Gasteiger partial charge < -0.3 is 21.7 Å². The van der Waals surface area contributed by atoms with Crippen LogP contribution in [0.15, 0.2) is 79.1 Å². The van der Waals surface area contributed by atoms with E-state index < -0.39 is 11.9 Å². The van der Waals surface area contributed by atoms with Crippen LogP contribution in [0, 0.1) is 6.92 Å². The van der Waals surface area contributed by atoms with Crippen LogP contribution < -0.4 is 21.7 Å². The Hall–Kier alpha value is -4.66. The lowest BCUT2D eigenvalue weighted by Gasteiger charge is -2.12. The van der Waals surface area contributed by atoms with Gasteiger partial charge in [-0.1, -0.05) is 30.3 Å². The van der Waals surface area contributed by atoms with Crippen LogP contribution in [0.5, 0.6) is 0 Å². The molecular weight excluding hydrogens is 406 g/mol. The fourth-order valence-electron chi connectivity index (χ4n) is 3.03. The minimum Gasteiger partial charge on any atom is -0.383 e. The van der Waals surface area contributed by atoms with Gasteiger partial charge >= 0.3 is 6.03 Å². The lowest BCUT2D eigenvalue weighted by atomic mass is 10.1. The smallest absolute Gasteiger partial charge is 0.323 e. The summed E-state index contributed by atoms with van der Waals surface area (Å²) in [4.78, 5) is 29.3. The molecule has 9 heteroatoms. The van der Waals surface area contributed by atoms with Crippen molar-refractivity contribution in [3.05, 3.63) is 90.3 Å². The Morgan fingerprint density at radius 1 is 0.906 bits per heavy atom. The molecule has 0 aliphatic rings. The van der Waals surface area contributed by atoms with Gasteiger partial charge in [0.1, 0.15) is 11.4 Å². The number of nitrogen functional groups attached to an aromatic ring is 1. The Bertz CT molecular complexity index is 1250. The number of anilines is 4. The average Bonchev–Trinajstić information content (AvgIpc) is 3.18. The van der Waals surface area contributed by atoms with Crippen LogP contribution in [-0.4, -0.2) is 26.7 Å². The van der Waals surface area contributed by atoms with Crippen LogP contribution in [0.4, 0.5) is 27.7 Å². The predicted molar refractivity (Wildman–Crippen MR) is 124 cm³/mol. The maximum absolute atomic E-state index is 12.8. The third kappa shape index (κ3) is 4.57. The van der Waals surface area contributed by atoms with Gasteiger partial charge in [-0.05, 0) is 48.9 Å². The summed E-state index contributed by atoms with van der Waals surface area (Å²) in [5, 5.41) is 12.5. The number of hydrogen-bond donors (Lipinski definition) is 4. The number of nitrogens with one attached hydrogen (secondary N) is 3. The quantitative estimate of drug-likeness (QED) is 0.382. The molecule has 4 rings (SSSR count). The number of benzene rings is 2. The van der Waals surface area contributed by atoms with Gasteiger partial charge in [-0.3, -0.25) is 4.79 Å². The van der Waals surface area contributed by atoms with E-state index in [9.17, 15) is 9.59 Å². The lowest BCUT2D eigenvalue weighted by Crippen LogP contribution is -2.20. The first-order valence-electron chi connectivity index (χ1n) is 9.81. The third-order valence-electron chi connectivity index (χ3n) is 4.69. The Balaban J connectivity index is 1.48. The Morgan fingerprint density at radius 2 is 1.66 bits per heavy atom. The average molecular weight is 427 g/mol. The number of nitrogens with zero attached hydrogens (tertiary/aromatic N) is 3. The van der Waals surface area contributed by atoms with E-state index in [0.717, 1.165) is 5.56 Å². The molecule has 4 aromatic rings. The molecule has 32 heavy (non-hydrogen) atoms. The van der Waals surface area contributed by atoms with Crippen molar-refractivity contribution in [2.24, 2.45) is 0 Å². The molecule has 0 bridgehead atoms. The van der Waals surface area contributed by atoms with Gasteiger partial charge in [0, 0.05) is 23.3 Å². The minimum atomic E-state index is -0.418. The zero-order valence-electron chi connectivity index (χ0n) is 17.2. The van der Waals surface area contributed by atoms with Crippen LogP contribution in [0.2, 0.25) is 0 Å². The van der Waals surface area contributed by atoms with Gasteiger partial charge in [0.15, 0.2) is 5.82 Å². The van der Waals surface area contributed by atoms with Crippen molar-refractivity contribution in [3.8, 4) is 5.82 Å². The van der Waals surface area contributed by atoms with E-state index in [1.54, 1.807) is 54.7 Å². The van der Waals surface area contributed by atoms with Gasteiger partial charge in [-0.15, -0.1) is 0 Å². The van der Waals surface area contributed by atoms with E-state index in [1.165, 1.54) is 10.9 Å². The zero-order valence-corrected chi connectivity index (χ0v) is 17.2. The maximum Gasteiger partial charge on any atom is 0.323 e. The van der Waals surface area contributed by atoms with E-state index in [2.05, 4.69) is 26.0 Å². The molecule has 0 aliphatic carbocycles. The van der Waals surface area contributed by atoms with Gasteiger partial charge in [-0.2, -0.15) is 9.78 Å². The van der Waals surface area contributed by atoms with Crippen molar-refractivity contribution in [2.45, 2.75) is 6.92 Å². The van der Waals surface area contributed by atoms with Crippen molar-refractivity contribution < 1.29 is 9.59 Å². The number of carbonyl (C=O) groups excluding carboxylic acids is 2. The molecule has 0 radical (unpaired) electrons. The summed E-state index contributed by atoms with van der Waals surface area (Å²) in [6.07, 6.45) is 3.01.